The third-order valence-corrected chi connectivity index (χ3v) is 3.53. The van der Waals surface area contributed by atoms with Gasteiger partial charge in [0, 0.05) is 6.07 Å². The van der Waals surface area contributed by atoms with E-state index in [4.69, 9.17) is 9.84 Å². The summed E-state index contributed by atoms with van der Waals surface area (Å²) in [6.07, 6.45) is -4.78. The van der Waals surface area contributed by atoms with Gasteiger partial charge in [-0.05, 0) is 22.6 Å². The van der Waals surface area contributed by atoms with Crippen LogP contribution >= 0.6 is 22.6 Å². The number of nitrogens with one attached hydrogen (secondary N) is 1. The van der Waals surface area contributed by atoms with Crippen LogP contribution in [0.3, 0.4) is 0 Å². The van der Waals surface area contributed by atoms with Gasteiger partial charge in [0.1, 0.15) is 18.3 Å². The van der Waals surface area contributed by atoms with Crippen LogP contribution in [0.4, 0.5) is 0 Å². The lowest BCUT2D eigenvalue weighted by atomic mass is 10.1. The first-order valence-corrected chi connectivity index (χ1v) is 6.17. The van der Waals surface area contributed by atoms with Gasteiger partial charge in [0.15, 0.2) is 6.23 Å². The van der Waals surface area contributed by atoms with E-state index in [1.807, 2.05) is 4.98 Å². The Kier molecular flexibility index (Phi) is 3.87. The summed E-state index contributed by atoms with van der Waals surface area (Å²) in [6, 6.07) is 1.16. The second kappa shape index (κ2) is 5.09. The number of H-pyrrole nitrogens is 1. The molecule has 18 heavy (non-hydrogen) atoms. The molecule has 1 aromatic heterocycles. The molecule has 1 fully saturated rings. The molecule has 0 aromatic carbocycles. The van der Waals surface area contributed by atoms with E-state index in [2.05, 4.69) is 0 Å². The van der Waals surface area contributed by atoms with E-state index >= 15 is 0 Å². The van der Waals surface area contributed by atoms with Gasteiger partial charge in [0.05, 0.1) is 10.3 Å². The van der Waals surface area contributed by atoms with Crippen molar-refractivity contribution >= 4 is 22.6 Å². The molecule has 100 valence electrons. The van der Waals surface area contributed by atoms with Crippen molar-refractivity contribution in [3.63, 3.8) is 0 Å². The van der Waals surface area contributed by atoms with Gasteiger partial charge in [-0.3, -0.25) is 14.3 Å². The van der Waals surface area contributed by atoms with E-state index in [-0.39, 0.29) is 3.70 Å². The predicted molar refractivity (Wildman–Crippen MR) is 67.0 cm³/mol. The molecule has 1 aliphatic rings. The number of hydrogen-bond donors (Lipinski definition) is 4. The molecule has 1 aromatic rings. The SMILES string of the molecule is O=c1cc(I)n(C2O[C@H](CO)[C@H](O)C2O)c(=O)[nH]1. The average molecular weight is 370 g/mol. The van der Waals surface area contributed by atoms with Gasteiger partial charge in [0.25, 0.3) is 5.56 Å². The van der Waals surface area contributed by atoms with Crippen molar-refractivity contribution in [2.24, 2.45) is 0 Å². The molecule has 1 saturated heterocycles. The van der Waals surface area contributed by atoms with Crippen LogP contribution in [0.1, 0.15) is 6.23 Å². The summed E-state index contributed by atoms with van der Waals surface area (Å²) in [5, 5.41) is 28.3. The number of hydrogen-bond acceptors (Lipinski definition) is 6. The minimum Gasteiger partial charge on any atom is -0.394 e. The monoisotopic (exact) mass is 370 g/mol. The van der Waals surface area contributed by atoms with Crippen molar-refractivity contribution < 1.29 is 20.1 Å². The molecule has 2 rings (SSSR count). The fraction of sp³-hybridized carbons (Fsp3) is 0.556. The van der Waals surface area contributed by atoms with Crippen LogP contribution < -0.4 is 11.2 Å². The van der Waals surface area contributed by atoms with Crippen molar-refractivity contribution in [1.29, 1.82) is 0 Å². The van der Waals surface area contributed by atoms with E-state index in [1.165, 1.54) is 0 Å². The van der Waals surface area contributed by atoms with E-state index in [1.54, 1.807) is 22.6 Å². The quantitative estimate of drug-likeness (QED) is 0.345. The number of aliphatic hydroxyl groups excluding tert-OH is 3. The zero-order chi connectivity index (χ0) is 13.4. The van der Waals surface area contributed by atoms with Crippen molar-refractivity contribution in [2.45, 2.75) is 24.5 Å². The molecule has 0 spiro atoms. The first-order valence-electron chi connectivity index (χ1n) is 5.09. The maximum atomic E-state index is 11.7. The number of ether oxygens (including phenoxy) is 1. The molecule has 0 bridgehead atoms. The first kappa shape index (κ1) is 13.7. The smallest absolute Gasteiger partial charge is 0.331 e. The fourth-order valence-corrected chi connectivity index (χ4v) is 2.58. The minimum absolute atomic E-state index is 0.260. The van der Waals surface area contributed by atoms with Crippen LogP contribution in [-0.4, -0.2) is 49.8 Å². The van der Waals surface area contributed by atoms with Crippen LogP contribution in [0.25, 0.3) is 0 Å². The van der Waals surface area contributed by atoms with Crippen molar-refractivity contribution in [3.05, 3.63) is 30.6 Å². The molecule has 0 aliphatic carbocycles. The van der Waals surface area contributed by atoms with Crippen molar-refractivity contribution in [3.8, 4) is 0 Å². The average Bonchev–Trinajstić information content (AvgIpc) is 2.56. The Balaban J connectivity index is 2.45. The lowest BCUT2D eigenvalue weighted by Gasteiger charge is -2.18. The molecule has 2 unspecified atom stereocenters. The maximum Gasteiger partial charge on any atom is 0.331 e. The van der Waals surface area contributed by atoms with Crippen LogP contribution in [0, 0.1) is 3.70 Å². The third kappa shape index (κ3) is 2.23. The first-order chi connectivity index (χ1) is 8.45. The van der Waals surface area contributed by atoms with Gasteiger partial charge in [-0.1, -0.05) is 0 Å². The third-order valence-electron chi connectivity index (χ3n) is 2.70. The summed E-state index contributed by atoms with van der Waals surface area (Å²) in [7, 11) is 0. The zero-order valence-corrected chi connectivity index (χ0v) is 11.1. The zero-order valence-electron chi connectivity index (χ0n) is 8.99. The maximum absolute atomic E-state index is 11.7. The number of nitrogens with zero attached hydrogens (tertiary/aromatic N) is 1. The number of halogens is 1. The van der Waals surface area contributed by atoms with E-state index < -0.39 is 42.4 Å². The molecule has 0 amide bonds. The molecule has 2 heterocycles. The Morgan fingerprint density at radius 1 is 1.39 bits per heavy atom. The van der Waals surface area contributed by atoms with E-state index in [0.717, 1.165) is 10.6 Å². The van der Waals surface area contributed by atoms with Crippen molar-refractivity contribution in [1.82, 2.24) is 9.55 Å². The fourth-order valence-electron chi connectivity index (χ4n) is 1.81. The molecule has 0 saturated carbocycles. The summed E-state index contributed by atoms with van der Waals surface area (Å²) in [4.78, 5) is 24.8. The van der Waals surface area contributed by atoms with Gasteiger partial charge in [-0.15, -0.1) is 0 Å². The lowest BCUT2D eigenvalue weighted by Crippen LogP contribution is -2.39. The van der Waals surface area contributed by atoms with Gasteiger partial charge < -0.3 is 20.1 Å². The Labute approximate surface area is 114 Å². The molecule has 0 radical (unpaired) electrons. The van der Waals surface area contributed by atoms with Crippen molar-refractivity contribution in [2.75, 3.05) is 6.61 Å². The largest absolute Gasteiger partial charge is 0.394 e. The van der Waals surface area contributed by atoms with E-state index in [9.17, 15) is 19.8 Å². The lowest BCUT2D eigenvalue weighted by molar-refractivity contribution is -0.0562. The standard InChI is InChI=1S/C9H11IN2O6/c10-4-1-5(14)11-9(17)12(4)8-7(16)6(15)3(2-13)18-8/h1,3,6-8,13,15-16H,2H2,(H,11,14,17)/t3-,6+,7?,8?/m1/s1. The highest BCUT2D eigenvalue weighted by Gasteiger charge is 2.44. The highest BCUT2D eigenvalue weighted by molar-refractivity contribution is 14.1. The number of rotatable bonds is 2. The van der Waals surface area contributed by atoms with Crippen LogP contribution in [0.5, 0.6) is 0 Å². The Morgan fingerprint density at radius 2 is 2.06 bits per heavy atom. The number of aromatic nitrogens is 2. The Morgan fingerprint density at radius 3 is 2.56 bits per heavy atom. The minimum atomic E-state index is -1.36. The highest BCUT2D eigenvalue weighted by atomic mass is 127. The summed E-state index contributed by atoms with van der Waals surface area (Å²) < 4.78 is 6.49. The van der Waals surface area contributed by atoms with Crippen LogP contribution in [0.15, 0.2) is 15.7 Å². The van der Waals surface area contributed by atoms with Crippen LogP contribution in [0.2, 0.25) is 0 Å². The molecule has 4 N–H and O–H groups in total. The summed E-state index contributed by atoms with van der Waals surface area (Å²) >= 11 is 1.75. The summed E-state index contributed by atoms with van der Waals surface area (Å²) in [6.45, 7) is -0.483. The molecule has 1 aliphatic heterocycles. The predicted octanol–water partition coefficient (Wildman–Crippen LogP) is -2.25. The normalized spacial score (nSPS) is 31.8. The van der Waals surface area contributed by atoms with Gasteiger partial charge in [0.2, 0.25) is 0 Å². The highest BCUT2D eigenvalue weighted by Crippen LogP contribution is 2.28. The Hall–Kier alpha value is -0.750. The van der Waals surface area contributed by atoms with E-state index in [0.29, 0.717) is 0 Å². The molecule has 8 nitrogen and oxygen atoms in total. The molecule has 4 atom stereocenters. The van der Waals surface area contributed by atoms with Gasteiger partial charge in [-0.25, -0.2) is 4.79 Å². The summed E-state index contributed by atoms with van der Waals surface area (Å²) in [5.74, 6) is 0. The topological polar surface area (TPSA) is 125 Å². The van der Waals surface area contributed by atoms with Crippen LogP contribution in [-0.2, 0) is 4.74 Å². The Bertz CT molecular complexity index is 555. The molecular weight excluding hydrogens is 359 g/mol. The van der Waals surface area contributed by atoms with Gasteiger partial charge >= 0.3 is 5.69 Å². The second-order valence-corrected chi connectivity index (χ2v) is 4.97. The second-order valence-electron chi connectivity index (χ2n) is 3.86. The molecular formula is C9H11IN2O6. The number of aromatic amines is 1. The molecule has 9 heteroatoms. The summed E-state index contributed by atoms with van der Waals surface area (Å²) in [5.41, 5.74) is -1.31. The number of aliphatic hydroxyl groups is 3. The van der Waals surface area contributed by atoms with Gasteiger partial charge in [-0.2, -0.15) is 0 Å².